The van der Waals surface area contributed by atoms with Crippen molar-refractivity contribution in [1.29, 1.82) is 0 Å². The molecule has 2 saturated heterocycles. The number of carbonyl (C=O) groups excluding carboxylic acids is 3. The van der Waals surface area contributed by atoms with Crippen molar-refractivity contribution in [3.63, 3.8) is 0 Å². The molecular weight excluding hydrogens is 568 g/mol. The number of amides is 1. The number of piperidine rings is 1. The Balaban J connectivity index is 1.12. The zero-order valence-corrected chi connectivity index (χ0v) is 29.2. The summed E-state index contributed by atoms with van der Waals surface area (Å²) in [6.07, 6.45) is 9.96. The number of hydrogen-bond donors (Lipinski definition) is 2. The smallest absolute Gasteiger partial charge is 0.408 e. The van der Waals surface area contributed by atoms with E-state index in [0.717, 1.165) is 51.5 Å². The van der Waals surface area contributed by atoms with Gasteiger partial charge in [-0.2, -0.15) is 0 Å². The third-order valence-corrected chi connectivity index (χ3v) is 13.6. The minimum atomic E-state index is -0.730. The fourth-order valence-corrected chi connectivity index (χ4v) is 11.5. The molecule has 1 spiro atoms. The number of nitrogens with one attached hydrogen (secondary N) is 2. The minimum Gasteiger partial charge on any atom is -0.461 e. The number of alkyl carbamates (subject to hydrolysis) is 1. The largest absolute Gasteiger partial charge is 0.461 e. The maximum Gasteiger partial charge on any atom is 0.408 e. The third-order valence-electron chi connectivity index (χ3n) is 13.6. The Kier molecular flexibility index (Phi) is 8.70. The predicted molar refractivity (Wildman–Crippen MR) is 172 cm³/mol. The van der Waals surface area contributed by atoms with Gasteiger partial charge in [-0.05, 0) is 127 Å². The molecule has 0 aromatic rings. The molecule has 6 rings (SSSR count). The lowest BCUT2D eigenvalue weighted by Gasteiger charge is -2.60. The summed E-state index contributed by atoms with van der Waals surface area (Å²) in [5.74, 6) is 2.73. The molecule has 0 aromatic carbocycles. The normalized spacial score (nSPS) is 44.9. The molecule has 4 aliphatic carbocycles. The SMILES string of the molecule is CC(C)C[C@H](NC(=O)OC(C)(C)C)C(=O)O[C@H]1CC[C@]2(C)C3CC(=O)[C@@]4(C)C(CC5O[C@]6(CCCCN6)[C@@H](C)C54)C3CC[C@H]2C1. The zero-order chi connectivity index (χ0) is 32.5. The Morgan fingerprint density at radius 1 is 1.07 bits per heavy atom. The first kappa shape index (κ1) is 33.2. The van der Waals surface area contributed by atoms with Gasteiger partial charge in [0, 0.05) is 23.7 Å². The van der Waals surface area contributed by atoms with E-state index in [1.54, 1.807) is 0 Å². The van der Waals surface area contributed by atoms with Gasteiger partial charge in [-0.25, -0.2) is 9.59 Å². The molecule has 0 bridgehead atoms. The quantitative estimate of drug-likeness (QED) is 0.323. The van der Waals surface area contributed by atoms with Gasteiger partial charge in [0.15, 0.2) is 0 Å². The van der Waals surface area contributed by atoms with Crippen LogP contribution in [0.15, 0.2) is 0 Å². The van der Waals surface area contributed by atoms with Crippen LogP contribution < -0.4 is 10.6 Å². The van der Waals surface area contributed by atoms with Gasteiger partial charge in [0.1, 0.15) is 29.3 Å². The molecule has 6 aliphatic rings. The maximum absolute atomic E-state index is 14.4. The summed E-state index contributed by atoms with van der Waals surface area (Å²) in [5, 5.41) is 6.53. The number of esters is 1. The first-order valence-corrected chi connectivity index (χ1v) is 18.2. The first-order chi connectivity index (χ1) is 21.1. The zero-order valence-electron chi connectivity index (χ0n) is 29.2. The van der Waals surface area contributed by atoms with Gasteiger partial charge in [-0.3, -0.25) is 10.1 Å². The molecule has 2 heterocycles. The van der Waals surface area contributed by atoms with E-state index in [-0.39, 0.29) is 40.7 Å². The van der Waals surface area contributed by atoms with Crippen LogP contribution in [0.1, 0.15) is 126 Å². The Morgan fingerprint density at radius 3 is 2.49 bits per heavy atom. The van der Waals surface area contributed by atoms with Crippen LogP contribution in [-0.2, 0) is 23.8 Å². The third kappa shape index (κ3) is 5.76. The van der Waals surface area contributed by atoms with Gasteiger partial charge in [0.25, 0.3) is 0 Å². The molecule has 12 atom stereocenters. The van der Waals surface area contributed by atoms with Crippen molar-refractivity contribution in [2.24, 2.45) is 52.3 Å². The standard InChI is InChI=1S/C37H60N2O6/c1-21(2)17-28(39-33(42)45-34(4,5)6)32(41)43-24-13-15-35(7)23(18-24)11-12-25-26(35)20-30(40)36(8)27(25)19-29-31(36)22(3)37(44-29)14-9-10-16-38-37/h21-29,31,38H,9-20H2,1-8H3,(H,39,42)/t22-,23-,24-,25?,26?,27?,28-,29?,31?,35-,36+,37+/m0/s1. The van der Waals surface area contributed by atoms with Crippen LogP contribution in [0.3, 0.4) is 0 Å². The molecular formula is C37H60N2O6. The molecule has 4 saturated carbocycles. The lowest BCUT2D eigenvalue weighted by atomic mass is 9.44. The second kappa shape index (κ2) is 11.8. The number of ether oxygens (including phenoxy) is 3. The van der Waals surface area contributed by atoms with Gasteiger partial charge < -0.3 is 19.5 Å². The second-order valence-electron chi connectivity index (χ2n) is 17.7. The molecule has 8 nitrogen and oxygen atoms in total. The Morgan fingerprint density at radius 2 is 1.82 bits per heavy atom. The van der Waals surface area contributed by atoms with Crippen LogP contribution in [-0.4, -0.2) is 54.0 Å². The van der Waals surface area contributed by atoms with Gasteiger partial charge in [0.2, 0.25) is 0 Å². The number of Topliss-reactive ketones (excluding diaryl/α,β-unsaturated/α-hetero) is 1. The van der Waals surface area contributed by atoms with E-state index in [4.69, 9.17) is 14.2 Å². The van der Waals surface area contributed by atoms with E-state index in [2.05, 4.69) is 31.4 Å². The molecule has 45 heavy (non-hydrogen) atoms. The Bertz CT molecular complexity index is 1160. The van der Waals surface area contributed by atoms with Crippen molar-refractivity contribution in [3.8, 4) is 0 Å². The fourth-order valence-electron chi connectivity index (χ4n) is 11.5. The van der Waals surface area contributed by atoms with Crippen LogP contribution in [0.4, 0.5) is 4.79 Å². The summed E-state index contributed by atoms with van der Waals surface area (Å²) in [4.78, 5) is 40.3. The second-order valence-corrected chi connectivity index (χ2v) is 17.7. The Labute approximate surface area is 271 Å². The fraction of sp³-hybridized carbons (Fsp3) is 0.919. The van der Waals surface area contributed by atoms with Crippen molar-refractivity contribution in [2.45, 2.75) is 156 Å². The van der Waals surface area contributed by atoms with E-state index in [0.29, 0.717) is 54.1 Å². The number of fused-ring (bicyclic) bond motifs is 7. The van der Waals surface area contributed by atoms with Crippen LogP contribution in [0.2, 0.25) is 0 Å². The van der Waals surface area contributed by atoms with E-state index in [9.17, 15) is 14.4 Å². The summed E-state index contributed by atoms with van der Waals surface area (Å²) >= 11 is 0. The average Bonchev–Trinajstić information content (AvgIpc) is 3.38. The topological polar surface area (TPSA) is 103 Å². The number of carbonyl (C=O) groups is 3. The van der Waals surface area contributed by atoms with E-state index in [1.165, 1.54) is 12.8 Å². The van der Waals surface area contributed by atoms with Gasteiger partial charge in [0.05, 0.1) is 6.10 Å². The van der Waals surface area contributed by atoms with E-state index in [1.807, 2.05) is 34.6 Å². The molecule has 2 N–H and O–H groups in total. The van der Waals surface area contributed by atoms with Crippen LogP contribution >= 0.6 is 0 Å². The van der Waals surface area contributed by atoms with Crippen LogP contribution in [0, 0.1) is 52.3 Å². The van der Waals surface area contributed by atoms with Crippen molar-refractivity contribution >= 4 is 17.8 Å². The number of ketones is 1. The predicted octanol–water partition coefficient (Wildman–Crippen LogP) is 6.79. The molecule has 8 heteroatoms. The number of hydrogen-bond acceptors (Lipinski definition) is 7. The summed E-state index contributed by atoms with van der Waals surface area (Å²) in [5.41, 5.74) is -1.10. The van der Waals surface area contributed by atoms with Gasteiger partial charge in [-0.1, -0.05) is 34.6 Å². The van der Waals surface area contributed by atoms with Crippen molar-refractivity contribution in [2.75, 3.05) is 6.54 Å². The molecule has 0 aromatic heterocycles. The molecule has 6 fully saturated rings. The maximum atomic E-state index is 14.4. The first-order valence-electron chi connectivity index (χ1n) is 18.2. The highest BCUT2D eigenvalue weighted by molar-refractivity contribution is 5.87. The molecule has 2 aliphatic heterocycles. The van der Waals surface area contributed by atoms with Crippen molar-refractivity contribution < 1.29 is 28.6 Å². The summed E-state index contributed by atoms with van der Waals surface area (Å²) in [6, 6.07) is -0.730. The summed E-state index contributed by atoms with van der Waals surface area (Å²) < 4.78 is 18.5. The highest BCUT2D eigenvalue weighted by atomic mass is 16.6. The highest BCUT2D eigenvalue weighted by Gasteiger charge is 2.71. The summed E-state index contributed by atoms with van der Waals surface area (Å²) in [6.45, 7) is 17.6. The van der Waals surface area contributed by atoms with E-state index >= 15 is 0 Å². The van der Waals surface area contributed by atoms with Gasteiger partial charge in [-0.15, -0.1) is 0 Å². The highest BCUT2D eigenvalue weighted by Crippen LogP contribution is 2.70. The monoisotopic (exact) mass is 628 g/mol. The molecule has 0 radical (unpaired) electrons. The van der Waals surface area contributed by atoms with Crippen LogP contribution in [0.25, 0.3) is 0 Å². The Hall–Kier alpha value is -1.67. The molecule has 254 valence electrons. The van der Waals surface area contributed by atoms with Crippen molar-refractivity contribution in [3.05, 3.63) is 0 Å². The lowest BCUT2D eigenvalue weighted by Crippen LogP contribution is -2.59. The van der Waals surface area contributed by atoms with Crippen molar-refractivity contribution in [1.82, 2.24) is 10.6 Å². The summed E-state index contributed by atoms with van der Waals surface area (Å²) in [7, 11) is 0. The van der Waals surface area contributed by atoms with Crippen LogP contribution in [0.5, 0.6) is 0 Å². The number of rotatable bonds is 5. The lowest BCUT2D eigenvalue weighted by molar-refractivity contribution is -0.170. The molecule has 1 amide bonds. The van der Waals surface area contributed by atoms with Gasteiger partial charge >= 0.3 is 12.1 Å². The molecule has 5 unspecified atom stereocenters. The minimum absolute atomic E-state index is 0.0746. The van der Waals surface area contributed by atoms with E-state index < -0.39 is 17.7 Å². The average molecular weight is 629 g/mol.